The molecule has 0 spiro atoms. The van der Waals surface area contributed by atoms with Crippen LogP contribution >= 0.6 is 11.8 Å². The third kappa shape index (κ3) is 5.55. The maximum Gasteiger partial charge on any atom is 0.00723 e. The molecule has 0 aromatic rings. The Labute approximate surface area is 86.2 Å². The first-order valence-corrected chi connectivity index (χ1v) is 6.59. The molecule has 0 saturated carbocycles. The van der Waals surface area contributed by atoms with E-state index in [1.54, 1.807) is 0 Å². The first-order chi connectivity index (χ1) is 6.43. The zero-order valence-corrected chi connectivity index (χ0v) is 9.32. The van der Waals surface area contributed by atoms with Crippen LogP contribution in [0.15, 0.2) is 0 Å². The van der Waals surface area contributed by atoms with Crippen molar-refractivity contribution in [2.24, 2.45) is 5.73 Å². The number of nitrogens with zero attached hydrogens (tertiary/aromatic N) is 1. The number of rotatable bonds is 5. The fourth-order valence-corrected chi connectivity index (χ4v) is 2.50. The van der Waals surface area contributed by atoms with E-state index in [-0.39, 0.29) is 0 Å². The van der Waals surface area contributed by atoms with E-state index in [9.17, 15) is 0 Å². The summed E-state index contributed by atoms with van der Waals surface area (Å²) in [5, 5.41) is 0. The molecule has 0 radical (unpaired) electrons. The summed E-state index contributed by atoms with van der Waals surface area (Å²) in [5.74, 6) is 2.38. The van der Waals surface area contributed by atoms with E-state index < -0.39 is 0 Å². The van der Waals surface area contributed by atoms with Crippen molar-refractivity contribution in [3.8, 4) is 0 Å². The van der Waals surface area contributed by atoms with Crippen LogP contribution in [-0.2, 0) is 0 Å². The van der Waals surface area contributed by atoms with E-state index in [0.717, 1.165) is 12.3 Å². The summed E-state index contributed by atoms with van der Waals surface area (Å²) in [6.45, 7) is 4.74. The maximum atomic E-state index is 5.44. The molecule has 0 amide bonds. The summed E-state index contributed by atoms with van der Waals surface area (Å²) in [4.78, 5) is 2.61. The Kier molecular flexibility index (Phi) is 6.68. The van der Waals surface area contributed by atoms with Crippen molar-refractivity contribution in [2.75, 3.05) is 37.7 Å². The fraction of sp³-hybridized carbons (Fsp3) is 1.00. The van der Waals surface area contributed by atoms with Gasteiger partial charge in [0.05, 0.1) is 0 Å². The number of hydrogen-bond donors (Lipinski definition) is 1. The lowest BCUT2D eigenvalue weighted by Gasteiger charge is -2.18. The zero-order valence-electron chi connectivity index (χ0n) is 8.50. The molecule has 1 heterocycles. The Morgan fingerprint density at radius 1 is 1.00 bits per heavy atom. The molecule has 13 heavy (non-hydrogen) atoms. The lowest BCUT2D eigenvalue weighted by atomic mass is 10.2. The van der Waals surface area contributed by atoms with E-state index >= 15 is 0 Å². The van der Waals surface area contributed by atoms with E-state index in [4.69, 9.17) is 5.73 Å². The van der Waals surface area contributed by atoms with Gasteiger partial charge in [-0.15, -0.1) is 0 Å². The van der Waals surface area contributed by atoms with Crippen LogP contribution in [0.4, 0.5) is 0 Å². The number of likely N-dealkylation sites (tertiary alicyclic amines) is 1. The highest BCUT2D eigenvalue weighted by Crippen LogP contribution is 2.10. The summed E-state index contributed by atoms with van der Waals surface area (Å²) < 4.78 is 0. The van der Waals surface area contributed by atoms with Gasteiger partial charge < -0.3 is 10.6 Å². The quantitative estimate of drug-likeness (QED) is 0.686. The van der Waals surface area contributed by atoms with Crippen LogP contribution in [0, 0.1) is 0 Å². The molecule has 3 heteroatoms. The highest BCUT2D eigenvalue weighted by molar-refractivity contribution is 7.99. The van der Waals surface area contributed by atoms with Gasteiger partial charge in [0.1, 0.15) is 0 Å². The molecule has 1 saturated heterocycles. The van der Waals surface area contributed by atoms with Gasteiger partial charge in [0.15, 0.2) is 0 Å². The molecule has 2 N–H and O–H groups in total. The first-order valence-electron chi connectivity index (χ1n) is 5.43. The van der Waals surface area contributed by atoms with Gasteiger partial charge in [-0.25, -0.2) is 0 Å². The molecule has 0 atom stereocenters. The highest BCUT2D eigenvalue weighted by atomic mass is 32.2. The minimum absolute atomic E-state index is 0.824. The third-order valence-electron chi connectivity index (χ3n) is 2.51. The van der Waals surface area contributed by atoms with E-state index in [1.807, 2.05) is 11.8 Å². The van der Waals surface area contributed by atoms with Crippen molar-refractivity contribution < 1.29 is 0 Å². The zero-order chi connectivity index (χ0) is 9.36. The summed E-state index contributed by atoms with van der Waals surface area (Å²) in [5.41, 5.74) is 5.44. The third-order valence-corrected chi connectivity index (χ3v) is 3.51. The summed E-state index contributed by atoms with van der Waals surface area (Å²) in [6.07, 6.45) is 5.68. The molecule has 1 aliphatic rings. The van der Waals surface area contributed by atoms with Crippen molar-refractivity contribution in [3.63, 3.8) is 0 Å². The lowest BCUT2D eigenvalue weighted by molar-refractivity contribution is 0.303. The fourth-order valence-electron chi connectivity index (χ4n) is 1.74. The van der Waals surface area contributed by atoms with Crippen molar-refractivity contribution in [2.45, 2.75) is 25.7 Å². The largest absolute Gasteiger partial charge is 0.330 e. The molecule has 1 fully saturated rings. The molecular weight excluding hydrogens is 180 g/mol. The molecule has 2 nitrogen and oxygen atoms in total. The van der Waals surface area contributed by atoms with Gasteiger partial charge in [0.2, 0.25) is 0 Å². The second kappa shape index (κ2) is 7.65. The molecule has 78 valence electrons. The van der Waals surface area contributed by atoms with Gasteiger partial charge in [-0.3, -0.25) is 0 Å². The first kappa shape index (κ1) is 11.3. The Hall–Kier alpha value is 0.270. The SMILES string of the molecule is NCCSCCN1CCCCCC1. The average Bonchev–Trinajstić information content (AvgIpc) is 2.41. The molecule has 0 aliphatic carbocycles. The van der Waals surface area contributed by atoms with Crippen LogP contribution in [0.3, 0.4) is 0 Å². The maximum absolute atomic E-state index is 5.44. The van der Waals surface area contributed by atoms with Crippen LogP contribution in [0.5, 0.6) is 0 Å². The number of thioether (sulfide) groups is 1. The van der Waals surface area contributed by atoms with Gasteiger partial charge in [-0.05, 0) is 25.9 Å². The van der Waals surface area contributed by atoms with E-state index in [1.165, 1.54) is 51.1 Å². The van der Waals surface area contributed by atoms with Crippen LogP contribution < -0.4 is 5.73 Å². The van der Waals surface area contributed by atoms with Gasteiger partial charge in [-0.2, -0.15) is 11.8 Å². The predicted octanol–water partition coefficient (Wildman–Crippen LogP) is 1.55. The van der Waals surface area contributed by atoms with Crippen LogP contribution in [0.2, 0.25) is 0 Å². The molecule has 1 aliphatic heterocycles. The van der Waals surface area contributed by atoms with Crippen LogP contribution in [-0.4, -0.2) is 42.6 Å². The monoisotopic (exact) mass is 202 g/mol. The normalized spacial score (nSPS) is 20.1. The minimum atomic E-state index is 0.824. The molecule has 0 bridgehead atoms. The number of nitrogens with two attached hydrogens (primary N) is 1. The van der Waals surface area contributed by atoms with Gasteiger partial charge in [-0.1, -0.05) is 12.8 Å². The second-order valence-corrected chi connectivity index (χ2v) is 4.88. The Morgan fingerprint density at radius 2 is 1.69 bits per heavy atom. The molecule has 0 unspecified atom stereocenters. The summed E-state index contributed by atoms with van der Waals surface area (Å²) in [7, 11) is 0. The topological polar surface area (TPSA) is 29.3 Å². The highest BCUT2D eigenvalue weighted by Gasteiger charge is 2.07. The Morgan fingerprint density at radius 3 is 2.31 bits per heavy atom. The van der Waals surface area contributed by atoms with Gasteiger partial charge in [0, 0.05) is 24.6 Å². The minimum Gasteiger partial charge on any atom is -0.330 e. The van der Waals surface area contributed by atoms with Crippen molar-refractivity contribution in [1.29, 1.82) is 0 Å². The molecule has 0 aromatic heterocycles. The number of hydrogen-bond acceptors (Lipinski definition) is 3. The van der Waals surface area contributed by atoms with Gasteiger partial charge >= 0.3 is 0 Å². The standard InChI is InChI=1S/C10H22N2S/c11-5-9-13-10-8-12-6-3-1-2-4-7-12/h1-11H2. The van der Waals surface area contributed by atoms with Gasteiger partial charge in [0.25, 0.3) is 0 Å². The van der Waals surface area contributed by atoms with Crippen molar-refractivity contribution in [1.82, 2.24) is 4.90 Å². The molecular formula is C10H22N2S. The Bertz CT molecular complexity index is 111. The molecule has 0 aromatic carbocycles. The van der Waals surface area contributed by atoms with Crippen LogP contribution in [0.25, 0.3) is 0 Å². The predicted molar refractivity (Wildman–Crippen MR) is 61.3 cm³/mol. The summed E-state index contributed by atoms with van der Waals surface area (Å²) >= 11 is 1.99. The lowest BCUT2D eigenvalue weighted by Crippen LogP contribution is -2.27. The Balaban J connectivity index is 1.98. The second-order valence-electron chi connectivity index (χ2n) is 3.66. The van der Waals surface area contributed by atoms with Crippen LogP contribution in [0.1, 0.15) is 25.7 Å². The molecule has 1 rings (SSSR count). The van der Waals surface area contributed by atoms with Crippen molar-refractivity contribution >= 4 is 11.8 Å². The smallest absolute Gasteiger partial charge is 0.00723 e. The average molecular weight is 202 g/mol. The van der Waals surface area contributed by atoms with Crippen molar-refractivity contribution in [3.05, 3.63) is 0 Å². The van der Waals surface area contributed by atoms with E-state index in [0.29, 0.717) is 0 Å². The summed E-state index contributed by atoms with van der Waals surface area (Å²) in [6, 6.07) is 0. The van der Waals surface area contributed by atoms with E-state index in [2.05, 4.69) is 4.90 Å².